The van der Waals surface area contributed by atoms with Crippen LogP contribution in [0.3, 0.4) is 0 Å². The highest BCUT2D eigenvalue weighted by atomic mass is 127. The van der Waals surface area contributed by atoms with E-state index in [4.69, 9.17) is 4.74 Å². The largest absolute Gasteiger partial charge is 0.378 e. The Hall–Kier alpha value is -0.820. The molecule has 2 rings (SSSR count). The van der Waals surface area contributed by atoms with Gasteiger partial charge in [-0.1, -0.05) is 30.3 Å². The van der Waals surface area contributed by atoms with Gasteiger partial charge in [0.2, 0.25) is 0 Å². The molecule has 1 aromatic rings. The van der Waals surface area contributed by atoms with Gasteiger partial charge in [0.25, 0.3) is 0 Å². The summed E-state index contributed by atoms with van der Waals surface area (Å²) in [6.45, 7) is 2.62. The van der Waals surface area contributed by atoms with Crippen molar-refractivity contribution in [3.8, 4) is 0 Å². The van der Waals surface area contributed by atoms with E-state index in [0.717, 1.165) is 32.1 Å². The number of rotatable bonds is 5. The highest BCUT2D eigenvalue weighted by Gasteiger charge is 2.14. The van der Waals surface area contributed by atoms with Crippen LogP contribution in [0.5, 0.6) is 0 Å². The monoisotopic (exact) mass is 389 g/mol. The summed E-state index contributed by atoms with van der Waals surface area (Å²) in [7, 11) is 1.80. The lowest BCUT2D eigenvalue weighted by atomic mass is 10.2. The van der Waals surface area contributed by atoms with E-state index in [0.29, 0.717) is 6.10 Å². The number of guanidine groups is 1. The number of ether oxygens (including phenoxy) is 1. The molecule has 1 saturated heterocycles. The first-order valence-electron chi connectivity index (χ1n) is 6.98. The number of nitrogens with zero attached hydrogens (tertiary/aromatic N) is 1. The van der Waals surface area contributed by atoms with E-state index in [1.54, 1.807) is 7.05 Å². The van der Waals surface area contributed by atoms with Crippen LogP contribution in [0, 0.1) is 0 Å². The summed E-state index contributed by atoms with van der Waals surface area (Å²) in [5.41, 5.74) is 1.25. The van der Waals surface area contributed by atoms with E-state index in [1.165, 1.54) is 18.4 Å². The molecular weight excluding hydrogens is 365 g/mol. The van der Waals surface area contributed by atoms with Gasteiger partial charge in [-0.25, -0.2) is 0 Å². The average molecular weight is 389 g/mol. The Balaban J connectivity index is 0.00000200. The Labute approximate surface area is 138 Å². The van der Waals surface area contributed by atoms with Crippen LogP contribution in [0.4, 0.5) is 0 Å². The summed E-state index contributed by atoms with van der Waals surface area (Å²) in [6.07, 6.45) is 3.87. The molecule has 1 atom stereocenters. The third-order valence-corrected chi connectivity index (χ3v) is 3.31. The first-order valence-corrected chi connectivity index (χ1v) is 6.98. The topological polar surface area (TPSA) is 45.7 Å². The Kier molecular flexibility index (Phi) is 8.60. The molecule has 2 N–H and O–H groups in total. The minimum atomic E-state index is 0. The molecule has 0 aromatic heterocycles. The number of hydrogen-bond acceptors (Lipinski definition) is 2. The molecule has 1 aliphatic heterocycles. The van der Waals surface area contributed by atoms with Crippen molar-refractivity contribution in [1.82, 2.24) is 10.6 Å². The number of benzene rings is 1. The van der Waals surface area contributed by atoms with Crippen molar-refractivity contribution in [2.24, 2.45) is 4.99 Å². The quantitative estimate of drug-likeness (QED) is 0.462. The zero-order valence-corrected chi connectivity index (χ0v) is 14.3. The van der Waals surface area contributed by atoms with Crippen molar-refractivity contribution in [2.45, 2.75) is 31.9 Å². The van der Waals surface area contributed by atoms with Crippen molar-refractivity contribution in [2.75, 3.05) is 20.2 Å². The summed E-state index contributed by atoms with van der Waals surface area (Å²) in [5, 5.41) is 6.63. The van der Waals surface area contributed by atoms with E-state index < -0.39 is 0 Å². The number of nitrogens with one attached hydrogen (secondary N) is 2. The van der Waals surface area contributed by atoms with E-state index in [2.05, 4.69) is 27.8 Å². The van der Waals surface area contributed by atoms with Crippen molar-refractivity contribution < 1.29 is 4.74 Å². The molecule has 4 nitrogen and oxygen atoms in total. The second kappa shape index (κ2) is 9.99. The summed E-state index contributed by atoms with van der Waals surface area (Å²) >= 11 is 0. The molecule has 1 aliphatic rings. The molecule has 0 saturated carbocycles. The Morgan fingerprint density at radius 1 is 1.30 bits per heavy atom. The van der Waals surface area contributed by atoms with Crippen LogP contribution in [0.25, 0.3) is 0 Å². The van der Waals surface area contributed by atoms with E-state index >= 15 is 0 Å². The van der Waals surface area contributed by atoms with Gasteiger partial charge in [0.1, 0.15) is 0 Å². The van der Waals surface area contributed by atoms with Crippen molar-refractivity contribution >= 4 is 29.9 Å². The molecule has 0 amide bonds. The molecule has 1 unspecified atom stereocenters. The fourth-order valence-corrected chi connectivity index (χ4v) is 2.23. The summed E-state index contributed by atoms with van der Waals surface area (Å²) in [4.78, 5) is 4.22. The normalized spacial score (nSPS) is 18.4. The van der Waals surface area contributed by atoms with Crippen LogP contribution < -0.4 is 10.6 Å². The Morgan fingerprint density at radius 2 is 2.10 bits per heavy atom. The second-order valence-corrected chi connectivity index (χ2v) is 4.76. The SMILES string of the molecule is CN=C(NCCC1CCCO1)NCc1ccccc1.I. The first-order chi connectivity index (χ1) is 9.38. The van der Waals surface area contributed by atoms with Crippen molar-refractivity contribution in [1.29, 1.82) is 0 Å². The lowest BCUT2D eigenvalue weighted by Crippen LogP contribution is -2.38. The molecule has 0 radical (unpaired) electrons. The van der Waals surface area contributed by atoms with Crippen molar-refractivity contribution in [3.05, 3.63) is 35.9 Å². The molecule has 112 valence electrons. The van der Waals surface area contributed by atoms with Gasteiger partial charge in [0.15, 0.2) is 5.96 Å². The fourth-order valence-electron chi connectivity index (χ4n) is 2.23. The van der Waals surface area contributed by atoms with E-state index in [9.17, 15) is 0 Å². The number of hydrogen-bond donors (Lipinski definition) is 2. The summed E-state index contributed by atoms with van der Waals surface area (Å²) in [6, 6.07) is 10.3. The van der Waals surface area contributed by atoms with Crippen molar-refractivity contribution in [3.63, 3.8) is 0 Å². The lowest BCUT2D eigenvalue weighted by Gasteiger charge is -2.14. The molecule has 5 heteroatoms. The third kappa shape index (κ3) is 6.09. The fraction of sp³-hybridized carbons (Fsp3) is 0.533. The zero-order chi connectivity index (χ0) is 13.3. The molecule has 20 heavy (non-hydrogen) atoms. The van der Waals surface area contributed by atoms with Gasteiger partial charge in [-0.15, -0.1) is 24.0 Å². The molecule has 1 heterocycles. The van der Waals surface area contributed by atoms with Gasteiger partial charge in [0.05, 0.1) is 6.10 Å². The Morgan fingerprint density at radius 3 is 2.75 bits per heavy atom. The highest BCUT2D eigenvalue weighted by Crippen LogP contribution is 2.14. The van der Waals surface area contributed by atoms with Gasteiger partial charge >= 0.3 is 0 Å². The smallest absolute Gasteiger partial charge is 0.191 e. The molecule has 0 spiro atoms. The average Bonchev–Trinajstić information content (AvgIpc) is 2.97. The molecule has 1 fully saturated rings. The van der Waals surface area contributed by atoms with Gasteiger partial charge in [-0.05, 0) is 24.8 Å². The second-order valence-electron chi connectivity index (χ2n) is 4.76. The van der Waals surface area contributed by atoms with Crippen LogP contribution in [0.2, 0.25) is 0 Å². The minimum Gasteiger partial charge on any atom is -0.378 e. The van der Waals surface area contributed by atoms with Crippen LogP contribution >= 0.6 is 24.0 Å². The van der Waals surface area contributed by atoms with Gasteiger partial charge in [0, 0.05) is 26.7 Å². The predicted molar refractivity (Wildman–Crippen MR) is 93.6 cm³/mol. The lowest BCUT2D eigenvalue weighted by molar-refractivity contribution is 0.105. The van der Waals surface area contributed by atoms with Gasteiger partial charge in [-0.3, -0.25) is 4.99 Å². The number of aliphatic imine (C=N–C) groups is 1. The van der Waals surface area contributed by atoms with Crippen LogP contribution in [-0.2, 0) is 11.3 Å². The summed E-state index contributed by atoms with van der Waals surface area (Å²) < 4.78 is 5.60. The molecule has 1 aromatic carbocycles. The molecular formula is C15H24IN3O. The molecule has 0 aliphatic carbocycles. The predicted octanol–water partition coefficient (Wildman–Crippen LogP) is 2.54. The molecule has 0 bridgehead atoms. The minimum absolute atomic E-state index is 0. The van der Waals surface area contributed by atoms with E-state index in [-0.39, 0.29) is 24.0 Å². The van der Waals surface area contributed by atoms with Crippen LogP contribution in [0.15, 0.2) is 35.3 Å². The maximum absolute atomic E-state index is 5.60. The van der Waals surface area contributed by atoms with E-state index in [1.807, 2.05) is 18.2 Å². The van der Waals surface area contributed by atoms with Gasteiger partial charge < -0.3 is 15.4 Å². The van der Waals surface area contributed by atoms with Crippen LogP contribution in [0.1, 0.15) is 24.8 Å². The Bertz CT molecular complexity index is 391. The standard InChI is InChI=1S/C15H23N3O.HI/c1-16-15(17-10-9-14-8-5-11-19-14)18-12-13-6-3-2-4-7-13;/h2-4,6-7,14H,5,8-12H2,1H3,(H2,16,17,18);1H. The van der Waals surface area contributed by atoms with Gasteiger partial charge in [-0.2, -0.15) is 0 Å². The maximum atomic E-state index is 5.60. The highest BCUT2D eigenvalue weighted by molar-refractivity contribution is 14.0. The summed E-state index contributed by atoms with van der Waals surface area (Å²) in [5.74, 6) is 0.849. The maximum Gasteiger partial charge on any atom is 0.191 e. The number of halogens is 1. The zero-order valence-electron chi connectivity index (χ0n) is 12.0. The first kappa shape index (κ1) is 17.2. The van der Waals surface area contributed by atoms with Crippen LogP contribution in [-0.4, -0.2) is 32.3 Å². The third-order valence-electron chi connectivity index (χ3n) is 3.31.